The third-order valence-corrected chi connectivity index (χ3v) is 5.51. The quantitative estimate of drug-likeness (QED) is 0.523. The first-order valence-corrected chi connectivity index (χ1v) is 10.3. The zero-order valence-electron chi connectivity index (χ0n) is 14.9. The molecule has 2 amide bonds. The number of para-hydroxylation sites is 1. The monoisotopic (exact) mass is 434 g/mol. The zero-order chi connectivity index (χ0) is 18.9. The molecule has 2 aromatic carbocycles. The molecule has 2 rings (SSSR count). The van der Waals surface area contributed by atoms with Crippen LogP contribution in [0.1, 0.15) is 33.1 Å². The van der Waals surface area contributed by atoms with E-state index in [1.807, 2.05) is 55.5 Å². The highest BCUT2D eigenvalue weighted by Gasteiger charge is 2.15. The predicted molar refractivity (Wildman–Crippen MR) is 113 cm³/mol. The van der Waals surface area contributed by atoms with Crippen LogP contribution in [0.3, 0.4) is 0 Å². The van der Waals surface area contributed by atoms with Gasteiger partial charge in [-0.2, -0.15) is 0 Å². The molecule has 138 valence electrons. The van der Waals surface area contributed by atoms with Crippen LogP contribution >= 0.6 is 27.7 Å². The first-order chi connectivity index (χ1) is 12.5. The fraction of sp³-hybridized carbons (Fsp3) is 0.300. The third kappa shape index (κ3) is 6.50. The van der Waals surface area contributed by atoms with Crippen LogP contribution < -0.4 is 10.6 Å². The lowest BCUT2D eigenvalue weighted by Crippen LogP contribution is -2.22. The van der Waals surface area contributed by atoms with E-state index in [2.05, 4.69) is 33.5 Å². The maximum Gasteiger partial charge on any atom is 0.237 e. The Bertz CT molecular complexity index is 750. The van der Waals surface area contributed by atoms with Crippen LogP contribution in [0.5, 0.6) is 0 Å². The molecule has 26 heavy (non-hydrogen) atoms. The Morgan fingerprint density at radius 1 is 1.08 bits per heavy atom. The number of anilines is 2. The molecule has 4 nitrogen and oxygen atoms in total. The summed E-state index contributed by atoms with van der Waals surface area (Å²) in [6.45, 7) is 3.93. The molecular formula is C20H23BrN2O2S. The van der Waals surface area contributed by atoms with Crippen LogP contribution in [0, 0.1) is 0 Å². The maximum absolute atomic E-state index is 12.4. The van der Waals surface area contributed by atoms with Gasteiger partial charge in [-0.1, -0.05) is 25.5 Å². The molecule has 1 atom stereocenters. The second-order valence-electron chi connectivity index (χ2n) is 5.91. The van der Waals surface area contributed by atoms with Gasteiger partial charge in [0.2, 0.25) is 11.8 Å². The second kappa shape index (κ2) is 10.4. The summed E-state index contributed by atoms with van der Waals surface area (Å²) in [4.78, 5) is 25.1. The number of hydrogen-bond donors (Lipinski definition) is 2. The van der Waals surface area contributed by atoms with E-state index < -0.39 is 0 Å². The van der Waals surface area contributed by atoms with Gasteiger partial charge < -0.3 is 10.6 Å². The van der Waals surface area contributed by atoms with Crippen molar-refractivity contribution in [3.63, 3.8) is 0 Å². The van der Waals surface area contributed by atoms with E-state index in [4.69, 9.17) is 0 Å². The molecule has 0 heterocycles. The van der Waals surface area contributed by atoms with Crippen molar-refractivity contribution in [1.29, 1.82) is 0 Å². The van der Waals surface area contributed by atoms with Crippen molar-refractivity contribution in [3.8, 4) is 0 Å². The standard InChI is InChI=1S/C20H23BrN2O2S/c1-3-4-9-19(24)22-15-10-12-16(13-11-15)26-14(2)20(25)23-18-8-6-5-7-17(18)21/h5-8,10-14H,3-4,9H2,1-2H3,(H,22,24)(H,23,25). The molecule has 0 spiro atoms. The number of thioether (sulfide) groups is 1. The molecule has 0 saturated heterocycles. The summed E-state index contributed by atoms with van der Waals surface area (Å²) >= 11 is 4.91. The average Bonchev–Trinajstić information content (AvgIpc) is 2.63. The van der Waals surface area contributed by atoms with Crippen LogP contribution in [-0.2, 0) is 9.59 Å². The first-order valence-electron chi connectivity index (χ1n) is 8.61. The molecule has 0 aromatic heterocycles. The maximum atomic E-state index is 12.4. The molecule has 0 fully saturated rings. The lowest BCUT2D eigenvalue weighted by Gasteiger charge is -2.13. The summed E-state index contributed by atoms with van der Waals surface area (Å²) in [6.07, 6.45) is 2.44. The summed E-state index contributed by atoms with van der Waals surface area (Å²) in [6, 6.07) is 15.1. The van der Waals surface area contributed by atoms with Crippen LogP contribution in [0.4, 0.5) is 11.4 Å². The van der Waals surface area contributed by atoms with Gasteiger partial charge in [0.05, 0.1) is 10.9 Å². The van der Waals surface area contributed by atoms with Crippen molar-refractivity contribution in [1.82, 2.24) is 0 Å². The van der Waals surface area contributed by atoms with Gasteiger partial charge >= 0.3 is 0 Å². The summed E-state index contributed by atoms with van der Waals surface area (Å²) in [7, 11) is 0. The Morgan fingerprint density at radius 2 is 1.77 bits per heavy atom. The van der Waals surface area contributed by atoms with Crippen molar-refractivity contribution < 1.29 is 9.59 Å². The number of rotatable bonds is 8. The lowest BCUT2D eigenvalue weighted by atomic mass is 10.2. The van der Waals surface area contributed by atoms with E-state index in [1.165, 1.54) is 11.8 Å². The molecule has 0 saturated carbocycles. The molecule has 0 bridgehead atoms. The van der Waals surface area contributed by atoms with E-state index in [1.54, 1.807) is 0 Å². The van der Waals surface area contributed by atoms with E-state index >= 15 is 0 Å². The van der Waals surface area contributed by atoms with Gasteiger partial charge in [0.25, 0.3) is 0 Å². The van der Waals surface area contributed by atoms with Gasteiger partial charge in [0.15, 0.2) is 0 Å². The SMILES string of the molecule is CCCCC(=O)Nc1ccc(SC(C)C(=O)Nc2ccccc2Br)cc1. The highest BCUT2D eigenvalue weighted by molar-refractivity contribution is 9.10. The Labute approximate surface area is 167 Å². The Kier molecular flexibility index (Phi) is 8.19. The van der Waals surface area contributed by atoms with Crippen molar-refractivity contribution in [3.05, 3.63) is 53.0 Å². The topological polar surface area (TPSA) is 58.2 Å². The molecule has 0 aliphatic heterocycles. The van der Waals surface area contributed by atoms with Gasteiger partial charge in [0, 0.05) is 21.5 Å². The molecular weight excluding hydrogens is 412 g/mol. The highest BCUT2D eigenvalue weighted by Crippen LogP contribution is 2.27. The number of hydrogen-bond acceptors (Lipinski definition) is 3. The minimum absolute atomic E-state index is 0.0356. The molecule has 2 N–H and O–H groups in total. The number of halogens is 1. The van der Waals surface area contributed by atoms with Crippen molar-refractivity contribution in [2.75, 3.05) is 10.6 Å². The minimum Gasteiger partial charge on any atom is -0.326 e. The van der Waals surface area contributed by atoms with Gasteiger partial charge in [-0.05, 0) is 65.7 Å². The fourth-order valence-corrected chi connectivity index (χ4v) is 3.48. The Hall–Kier alpha value is -1.79. The normalized spacial score (nSPS) is 11.7. The van der Waals surface area contributed by atoms with E-state index in [9.17, 15) is 9.59 Å². The number of nitrogens with one attached hydrogen (secondary N) is 2. The lowest BCUT2D eigenvalue weighted by molar-refractivity contribution is -0.116. The van der Waals surface area contributed by atoms with Gasteiger partial charge in [-0.3, -0.25) is 9.59 Å². The largest absolute Gasteiger partial charge is 0.326 e. The second-order valence-corrected chi connectivity index (χ2v) is 8.17. The Morgan fingerprint density at radius 3 is 2.42 bits per heavy atom. The summed E-state index contributed by atoms with van der Waals surface area (Å²) < 4.78 is 0.855. The van der Waals surface area contributed by atoms with Crippen LogP contribution in [0.15, 0.2) is 57.9 Å². The predicted octanol–water partition coefficient (Wildman–Crippen LogP) is 5.70. The molecule has 1 unspecified atom stereocenters. The van der Waals surface area contributed by atoms with Gasteiger partial charge in [-0.25, -0.2) is 0 Å². The third-order valence-electron chi connectivity index (χ3n) is 3.71. The van der Waals surface area contributed by atoms with Gasteiger partial charge in [0.1, 0.15) is 0 Å². The first kappa shape index (κ1) is 20.5. The molecule has 0 aliphatic rings. The molecule has 0 aliphatic carbocycles. The number of unbranched alkanes of at least 4 members (excludes halogenated alkanes) is 1. The summed E-state index contributed by atoms with van der Waals surface area (Å²) in [5.74, 6) is -0.0210. The summed E-state index contributed by atoms with van der Waals surface area (Å²) in [5.41, 5.74) is 1.54. The molecule has 6 heteroatoms. The van der Waals surface area contributed by atoms with Crippen LogP contribution in [-0.4, -0.2) is 17.1 Å². The van der Waals surface area contributed by atoms with E-state index in [0.717, 1.165) is 33.6 Å². The van der Waals surface area contributed by atoms with E-state index in [0.29, 0.717) is 6.42 Å². The molecule has 2 aromatic rings. The average molecular weight is 435 g/mol. The number of carbonyl (C=O) groups is 2. The smallest absolute Gasteiger partial charge is 0.237 e. The van der Waals surface area contributed by atoms with Crippen molar-refractivity contribution in [2.45, 2.75) is 43.3 Å². The summed E-state index contributed by atoms with van der Waals surface area (Å²) in [5, 5.41) is 5.57. The van der Waals surface area contributed by atoms with Crippen molar-refractivity contribution in [2.24, 2.45) is 0 Å². The molecule has 0 radical (unpaired) electrons. The number of amides is 2. The number of carbonyl (C=O) groups excluding carboxylic acids is 2. The number of benzene rings is 2. The van der Waals surface area contributed by atoms with Gasteiger partial charge in [-0.15, -0.1) is 11.8 Å². The highest BCUT2D eigenvalue weighted by atomic mass is 79.9. The van der Waals surface area contributed by atoms with Crippen LogP contribution in [0.2, 0.25) is 0 Å². The van der Waals surface area contributed by atoms with E-state index in [-0.39, 0.29) is 17.1 Å². The minimum atomic E-state index is -0.243. The van der Waals surface area contributed by atoms with Crippen molar-refractivity contribution >= 4 is 50.9 Å². The zero-order valence-corrected chi connectivity index (χ0v) is 17.3. The fourth-order valence-electron chi connectivity index (χ4n) is 2.23. The van der Waals surface area contributed by atoms with Crippen LogP contribution in [0.25, 0.3) is 0 Å². The Balaban J connectivity index is 1.88.